The molecule has 0 aromatic heterocycles. The van der Waals surface area contributed by atoms with Gasteiger partial charge in [-0.1, -0.05) is 165 Å². The van der Waals surface area contributed by atoms with Gasteiger partial charge in [0, 0.05) is 12.8 Å². The van der Waals surface area contributed by atoms with Crippen LogP contribution in [0.2, 0.25) is 0 Å². The number of rotatable bonds is 42. The van der Waals surface area contributed by atoms with Crippen molar-refractivity contribution in [2.45, 2.75) is 224 Å². The van der Waals surface area contributed by atoms with E-state index in [4.69, 9.17) is 18.5 Å². The van der Waals surface area contributed by atoms with E-state index in [-0.39, 0.29) is 12.8 Å². The Morgan fingerprint density at radius 2 is 0.884 bits per heavy atom. The van der Waals surface area contributed by atoms with Gasteiger partial charge in [-0.05, 0) is 51.4 Å². The number of ether oxygens (including phenoxy) is 2. The predicted molar refractivity (Wildman–Crippen MR) is 261 cm³/mol. The number of carbonyl (C=O) groups excluding carboxylic acids is 2. The molecule has 22 heteroatoms. The molecule has 0 heterocycles. The van der Waals surface area contributed by atoms with E-state index in [1.165, 1.54) is 44.9 Å². The fourth-order valence-electron chi connectivity index (χ4n) is 7.46. The lowest BCUT2D eigenvalue weighted by atomic mass is 9.85. The molecule has 0 saturated heterocycles. The SMILES string of the molecule is CC/C=C\C/C=C\C/C=C\C/C=C\CCCCCCCCC(=O)OC[C@H](COP(=O)(O)O[C@H]1C(O)C(O)C(OP(=O)(O)O)[C@@H](OP(=O)(O)O)C1O)OC(=O)CCCCCCCCCCCCCCC. The van der Waals surface area contributed by atoms with Crippen LogP contribution in [0.5, 0.6) is 0 Å². The summed E-state index contributed by atoms with van der Waals surface area (Å²) in [6.45, 7) is 2.83. The maximum atomic E-state index is 13.1. The number of phosphoric ester groups is 3. The highest BCUT2D eigenvalue weighted by Crippen LogP contribution is 2.51. The highest BCUT2D eigenvalue weighted by molar-refractivity contribution is 7.47. The van der Waals surface area contributed by atoms with Crippen LogP contribution in [0.15, 0.2) is 48.6 Å². The number of unbranched alkanes of at least 4 members (excludes halogenated alkanes) is 18. The molecule has 0 aromatic rings. The second kappa shape index (κ2) is 38.7. The van der Waals surface area contributed by atoms with Crippen LogP contribution in [0.3, 0.4) is 0 Å². The van der Waals surface area contributed by atoms with Crippen molar-refractivity contribution >= 4 is 35.4 Å². The van der Waals surface area contributed by atoms with Crippen molar-refractivity contribution in [3.05, 3.63) is 48.6 Å². The number of phosphoric acid groups is 3. The zero-order valence-corrected chi connectivity index (χ0v) is 43.6. The summed E-state index contributed by atoms with van der Waals surface area (Å²) in [5, 5.41) is 31.9. The predicted octanol–water partition coefficient (Wildman–Crippen LogP) is 9.40. The molecule has 19 nitrogen and oxygen atoms in total. The Morgan fingerprint density at radius 3 is 1.36 bits per heavy atom. The fraction of sp³-hybridized carbons (Fsp3) is 0.787. The average molecular weight is 1050 g/mol. The summed E-state index contributed by atoms with van der Waals surface area (Å²) in [6, 6.07) is 0. The minimum atomic E-state index is -5.60. The summed E-state index contributed by atoms with van der Waals surface area (Å²) in [4.78, 5) is 73.3. The van der Waals surface area contributed by atoms with Crippen LogP contribution < -0.4 is 0 Å². The molecular weight excluding hydrogens is 961 g/mol. The first-order valence-electron chi connectivity index (χ1n) is 24.9. The molecule has 0 spiro atoms. The Morgan fingerprint density at radius 1 is 0.478 bits per heavy atom. The first-order chi connectivity index (χ1) is 32.8. The summed E-state index contributed by atoms with van der Waals surface area (Å²) in [6.07, 6.45) is 25.5. The van der Waals surface area contributed by atoms with E-state index in [1.807, 2.05) is 0 Å². The van der Waals surface area contributed by atoms with Crippen molar-refractivity contribution in [2.75, 3.05) is 13.2 Å². The van der Waals surface area contributed by atoms with Crippen molar-refractivity contribution in [3.8, 4) is 0 Å². The first-order valence-corrected chi connectivity index (χ1v) is 29.5. The molecule has 8 N–H and O–H groups in total. The molecule has 0 aromatic carbocycles. The van der Waals surface area contributed by atoms with Gasteiger partial charge >= 0.3 is 35.4 Å². The van der Waals surface area contributed by atoms with Crippen LogP contribution in [-0.2, 0) is 50.9 Å². The van der Waals surface area contributed by atoms with E-state index < -0.39 is 91.3 Å². The van der Waals surface area contributed by atoms with Gasteiger partial charge in [0.05, 0.1) is 6.61 Å². The summed E-state index contributed by atoms with van der Waals surface area (Å²) in [5.74, 6) is -1.31. The zero-order chi connectivity index (χ0) is 51.4. The average Bonchev–Trinajstić information content (AvgIpc) is 3.28. The van der Waals surface area contributed by atoms with Gasteiger partial charge < -0.3 is 49.3 Å². The quantitative estimate of drug-likeness (QED) is 0.0122. The highest BCUT2D eigenvalue weighted by atomic mass is 31.2. The number of aliphatic hydroxyl groups is 3. The van der Waals surface area contributed by atoms with Gasteiger partial charge in [0.2, 0.25) is 0 Å². The van der Waals surface area contributed by atoms with Gasteiger partial charge in [0.15, 0.2) is 6.10 Å². The smallest absolute Gasteiger partial charge is 0.462 e. The summed E-state index contributed by atoms with van der Waals surface area (Å²) in [7, 11) is -16.6. The molecule has 0 amide bonds. The van der Waals surface area contributed by atoms with Crippen LogP contribution >= 0.6 is 23.5 Å². The Hall–Kier alpha value is -1.89. The number of hydrogen-bond donors (Lipinski definition) is 8. The highest BCUT2D eigenvalue weighted by Gasteiger charge is 2.56. The molecule has 0 bridgehead atoms. The topological polar surface area (TPSA) is 303 Å². The van der Waals surface area contributed by atoms with Crippen molar-refractivity contribution in [3.63, 3.8) is 0 Å². The summed E-state index contributed by atoms with van der Waals surface area (Å²) >= 11 is 0. The Bertz CT molecular complexity index is 1630. The van der Waals surface area contributed by atoms with E-state index in [0.29, 0.717) is 12.8 Å². The lowest BCUT2D eigenvalue weighted by molar-refractivity contribution is -0.213. The second-order valence-corrected chi connectivity index (χ2v) is 21.2. The monoisotopic (exact) mass is 1050 g/mol. The molecule has 1 rings (SSSR count). The minimum Gasteiger partial charge on any atom is -0.462 e. The van der Waals surface area contributed by atoms with E-state index >= 15 is 0 Å². The lowest BCUT2D eigenvalue weighted by Crippen LogP contribution is -2.65. The number of carbonyl (C=O) groups is 2. The molecule has 1 saturated carbocycles. The summed E-state index contributed by atoms with van der Waals surface area (Å²) in [5.41, 5.74) is 0. The molecule has 0 radical (unpaired) electrons. The number of esters is 2. The van der Waals surface area contributed by atoms with Crippen LogP contribution in [0.4, 0.5) is 0 Å². The van der Waals surface area contributed by atoms with E-state index in [2.05, 4.69) is 71.5 Å². The molecule has 1 fully saturated rings. The molecule has 0 aliphatic heterocycles. The molecule has 1 aliphatic rings. The Balaban J connectivity index is 2.69. The number of allylic oxidation sites excluding steroid dienone is 8. The van der Waals surface area contributed by atoms with Crippen molar-refractivity contribution in [2.24, 2.45) is 0 Å². The van der Waals surface area contributed by atoms with Crippen molar-refractivity contribution in [1.82, 2.24) is 0 Å². The molecule has 5 unspecified atom stereocenters. The van der Waals surface area contributed by atoms with Crippen LogP contribution in [0.25, 0.3) is 0 Å². The van der Waals surface area contributed by atoms with E-state index in [1.54, 1.807) is 0 Å². The number of hydrogen-bond acceptors (Lipinski definition) is 14. The molecule has 1 aliphatic carbocycles. The summed E-state index contributed by atoms with van der Waals surface area (Å²) < 4.78 is 65.5. The van der Waals surface area contributed by atoms with Gasteiger partial charge in [-0.15, -0.1) is 0 Å². The molecular formula is C47H85O19P3. The van der Waals surface area contributed by atoms with Gasteiger partial charge in [-0.2, -0.15) is 0 Å². The van der Waals surface area contributed by atoms with Crippen LogP contribution in [0.1, 0.15) is 181 Å². The number of aliphatic hydroxyl groups excluding tert-OH is 3. The molecule has 8 atom stereocenters. The Kier molecular flexibility index (Phi) is 36.5. The lowest BCUT2D eigenvalue weighted by Gasteiger charge is -2.44. The molecule has 402 valence electrons. The normalized spacial score (nSPS) is 21.7. The van der Waals surface area contributed by atoms with E-state index in [9.17, 15) is 63.1 Å². The van der Waals surface area contributed by atoms with Gasteiger partial charge in [-0.25, -0.2) is 13.7 Å². The van der Waals surface area contributed by atoms with E-state index in [0.717, 1.165) is 96.3 Å². The van der Waals surface area contributed by atoms with Gasteiger partial charge in [0.25, 0.3) is 0 Å². The van der Waals surface area contributed by atoms with Gasteiger partial charge in [-0.3, -0.25) is 27.7 Å². The van der Waals surface area contributed by atoms with Crippen LogP contribution in [0, 0.1) is 0 Å². The maximum absolute atomic E-state index is 13.1. The van der Waals surface area contributed by atoms with Gasteiger partial charge in [0.1, 0.15) is 43.2 Å². The third-order valence-electron chi connectivity index (χ3n) is 11.2. The minimum absolute atomic E-state index is 0.00388. The third-order valence-corrected chi connectivity index (χ3v) is 13.2. The largest absolute Gasteiger partial charge is 0.472 e. The maximum Gasteiger partial charge on any atom is 0.472 e. The van der Waals surface area contributed by atoms with Crippen molar-refractivity contribution in [1.29, 1.82) is 0 Å². The zero-order valence-electron chi connectivity index (χ0n) is 40.9. The standard InChI is InChI=1S/C47H85O19P3/c1-3-5-7-9-11-13-15-17-18-19-20-21-22-24-25-27-29-31-33-35-40(48)61-37-39(63-41(49)36-34-32-30-28-26-23-16-14-12-10-8-6-4-2)38-62-69(59,60)66-45-42(50)43(51)46(64-67(53,54)55)47(44(45)52)65-68(56,57)58/h5,7,11,13,17-18,20-21,39,42-47,50-52H,3-4,6,8-10,12,14-16,19,22-38H2,1-2H3,(H,59,60)(H2,53,54,55)(H2,56,57,58)/b7-5-,13-11-,18-17-,21-20-/t39-,42?,43?,44?,45+,46?,47+/m1/s1. The third kappa shape index (κ3) is 35.0. The fourth-order valence-corrected chi connectivity index (χ4v) is 9.55. The first kappa shape index (κ1) is 65.1. The Labute approximate surface area is 410 Å². The second-order valence-electron chi connectivity index (χ2n) is 17.4. The molecule has 69 heavy (non-hydrogen) atoms. The van der Waals surface area contributed by atoms with Crippen molar-refractivity contribution < 1.29 is 90.6 Å². The van der Waals surface area contributed by atoms with Crippen LogP contribution in [-0.4, -0.2) is 108 Å².